The summed E-state index contributed by atoms with van der Waals surface area (Å²) in [6.45, 7) is 12.2. The van der Waals surface area contributed by atoms with Gasteiger partial charge < -0.3 is 11.8 Å². The number of hydrogen-bond donors (Lipinski definition) is 0. The van der Waals surface area contributed by atoms with Crippen molar-refractivity contribution in [2.45, 2.75) is 52.4 Å². The van der Waals surface area contributed by atoms with E-state index in [1.165, 1.54) is 51.7 Å². The molecule has 0 aromatic carbocycles. The molecule has 0 saturated heterocycles. The maximum absolute atomic E-state index is 3.86. The van der Waals surface area contributed by atoms with Crippen LogP contribution in [0.3, 0.4) is 0 Å². The molecule has 0 unspecified atom stereocenters. The summed E-state index contributed by atoms with van der Waals surface area (Å²) in [7, 11) is 0. The summed E-state index contributed by atoms with van der Waals surface area (Å²) >= 11 is 0. The first-order valence-corrected chi connectivity index (χ1v) is 5.86. The molecule has 0 radical (unpaired) electrons. The van der Waals surface area contributed by atoms with E-state index in [4.69, 9.17) is 0 Å². The Hall–Kier alpha value is 0.648. The predicted octanol–water partition coefficient (Wildman–Crippen LogP) is 3.50. The van der Waals surface area contributed by atoms with Crippen molar-refractivity contribution in [1.29, 1.82) is 0 Å². The molecule has 0 atom stereocenters. The van der Waals surface area contributed by atoms with Gasteiger partial charge in [-0.05, 0) is 38.9 Å². The van der Waals surface area contributed by atoms with Gasteiger partial charge in [0.05, 0.1) is 0 Å². The Morgan fingerprint density at radius 2 is 1.43 bits per heavy atom. The van der Waals surface area contributed by atoms with Crippen LogP contribution in [0.1, 0.15) is 52.4 Å². The van der Waals surface area contributed by atoms with Gasteiger partial charge in [0.15, 0.2) is 0 Å². The molecule has 0 aromatic heterocycles. The van der Waals surface area contributed by atoms with Crippen LogP contribution >= 0.6 is 0 Å². The van der Waals surface area contributed by atoms with Crippen LogP contribution in [0.2, 0.25) is 0 Å². The van der Waals surface area contributed by atoms with Crippen molar-refractivity contribution in [1.82, 2.24) is 4.90 Å². The molecule has 0 aliphatic carbocycles. The van der Waals surface area contributed by atoms with Crippen LogP contribution in [-0.2, 0) is 21.1 Å². The molecule has 1 nitrogen and oxygen atoms in total. The van der Waals surface area contributed by atoms with E-state index in [0.29, 0.717) is 0 Å². The van der Waals surface area contributed by atoms with E-state index < -0.39 is 0 Å². The fourth-order valence-corrected chi connectivity index (χ4v) is 1.66. The quantitative estimate of drug-likeness (QED) is 0.445. The smallest absolute Gasteiger partial charge is 0 e. The molecule has 0 spiro atoms. The van der Waals surface area contributed by atoms with Crippen molar-refractivity contribution < 1.29 is 21.1 Å². The number of nitrogens with zero attached hydrogens (tertiary/aromatic N) is 1. The number of unbranched alkanes of at least 4 members (excludes halogenated alkanes) is 3. The van der Waals surface area contributed by atoms with Crippen molar-refractivity contribution >= 4 is 0 Å². The fourth-order valence-electron chi connectivity index (χ4n) is 1.66. The summed E-state index contributed by atoms with van der Waals surface area (Å²) in [6, 6.07) is 0. The summed E-state index contributed by atoms with van der Waals surface area (Å²) < 4.78 is 0. The van der Waals surface area contributed by atoms with Gasteiger partial charge >= 0.3 is 0 Å². The molecule has 0 heterocycles. The van der Waals surface area contributed by atoms with Crippen molar-refractivity contribution in [2.75, 3.05) is 19.6 Å². The number of rotatable bonds is 9. The zero-order valence-corrected chi connectivity index (χ0v) is 12.9. The van der Waals surface area contributed by atoms with Gasteiger partial charge in [0.25, 0.3) is 0 Å². The Morgan fingerprint density at radius 1 is 0.857 bits per heavy atom. The standard InChI is InChI=1S/C12H26N.W/c1-4-7-8-9-12-13(10-5-2)11-6-3;/h1,4-12H2,2-3H3;/q-1;. The average molecular weight is 368 g/mol. The molecule has 0 fully saturated rings. The van der Waals surface area contributed by atoms with Crippen molar-refractivity contribution in [2.24, 2.45) is 0 Å². The molecule has 0 bridgehead atoms. The first-order chi connectivity index (χ1) is 6.35. The molecule has 86 valence electrons. The van der Waals surface area contributed by atoms with Crippen LogP contribution in [-0.4, -0.2) is 24.5 Å². The molecule has 0 saturated carbocycles. The molecule has 0 aliphatic heterocycles. The van der Waals surface area contributed by atoms with Gasteiger partial charge in [0, 0.05) is 21.1 Å². The zero-order chi connectivity index (χ0) is 9.94. The van der Waals surface area contributed by atoms with Crippen LogP contribution in [0.25, 0.3) is 0 Å². The van der Waals surface area contributed by atoms with E-state index in [0.717, 1.165) is 6.42 Å². The molecular weight excluding hydrogens is 342 g/mol. The molecule has 14 heavy (non-hydrogen) atoms. The fraction of sp³-hybridized carbons (Fsp3) is 0.917. The maximum Gasteiger partial charge on any atom is 0 e. The van der Waals surface area contributed by atoms with Crippen molar-refractivity contribution in [3.05, 3.63) is 6.92 Å². The summed E-state index contributed by atoms with van der Waals surface area (Å²) in [5.41, 5.74) is 0. The van der Waals surface area contributed by atoms with Gasteiger partial charge in [-0.2, -0.15) is 6.42 Å². The SMILES string of the molecule is [CH2-]CCCCCN(CCC)CCC.[W]. The second-order valence-corrected chi connectivity index (χ2v) is 3.76. The van der Waals surface area contributed by atoms with Gasteiger partial charge in [0.1, 0.15) is 0 Å². The minimum absolute atomic E-state index is 0. The van der Waals surface area contributed by atoms with Gasteiger partial charge in [0.2, 0.25) is 0 Å². The van der Waals surface area contributed by atoms with Crippen LogP contribution in [0, 0.1) is 6.92 Å². The minimum Gasteiger partial charge on any atom is -0.343 e. The minimum atomic E-state index is 0. The van der Waals surface area contributed by atoms with E-state index in [1.54, 1.807) is 0 Å². The van der Waals surface area contributed by atoms with Gasteiger partial charge in [-0.15, -0.1) is 0 Å². The van der Waals surface area contributed by atoms with Crippen LogP contribution in [0.15, 0.2) is 0 Å². The molecule has 0 N–H and O–H groups in total. The van der Waals surface area contributed by atoms with Crippen LogP contribution in [0.4, 0.5) is 0 Å². The van der Waals surface area contributed by atoms with E-state index in [2.05, 4.69) is 25.7 Å². The normalized spacial score (nSPS) is 10.3. The first-order valence-electron chi connectivity index (χ1n) is 5.86. The van der Waals surface area contributed by atoms with Crippen molar-refractivity contribution in [3.8, 4) is 0 Å². The summed E-state index contributed by atoms with van der Waals surface area (Å²) in [5, 5.41) is 0. The second kappa shape index (κ2) is 13.6. The third-order valence-corrected chi connectivity index (χ3v) is 2.30. The largest absolute Gasteiger partial charge is 0.343 e. The molecule has 0 rings (SSSR count). The van der Waals surface area contributed by atoms with Gasteiger partial charge in [-0.1, -0.05) is 26.7 Å². The third kappa shape index (κ3) is 10.7. The maximum atomic E-state index is 3.86. The summed E-state index contributed by atoms with van der Waals surface area (Å²) in [4.78, 5) is 2.59. The molecule has 0 amide bonds. The topological polar surface area (TPSA) is 3.24 Å². The third-order valence-electron chi connectivity index (χ3n) is 2.30. The second-order valence-electron chi connectivity index (χ2n) is 3.76. The first kappa shape index (κ1) is 17.1. The number of hydrogen-bond acceptors (Lipinski definition) is 1. The average Bonchev–Trinajstić information content (AvgIpc) is 2.13. The molecule has 2 heteroatoms. The Balaban J connectivity index is 0. The van der Waals surface area contributed by atoms with Gasteiger partial charge in [-0.25, -0.2) is 0 Å². The Morgan fingerprint density at radius 3 is 1.86 bits per heavy atom. The Labute approximate surface area is 105 Å². The van der Waals surface area contributed by atoms with E-state index >= 15 is 0 Å². The summed E-state index contributed by atoms with van der Waals surface area (Å²) in [5.74, 6) is 0. The summed E-state index contributed by atoms with van der Waals surface area (Å²) in [6.07, 6.45) is 7.68. The molecular formula is C12H26NW-. The molecule has 0 aromatic rings. The zero-order valence-electron chi connectivity index (χ0n) is 9.93. The monoisotopic (exact) mass is 368 g/mol. The van der Waals surface area contributed by atoms with E-state index in [1.807, 2.05) is 0 Å². The Bertz CT molecular complexity index is 90.3. The van der Waals surface area contributed by atoms with E-state index in [-0.39, 0.29) is 21.1 Å². The van der Waals surface area contributed by atoms with Crippen LogP contribution < -0.4 is 0 Å². The van der Waals surface area contributed by atoms with Crippen molar-refractivity contribution in [3.63, 3.8) is 0 Å². The molecule has 0 aliphatic rings. The van der Waals surface area contributed by atoms with Crippen LogP contribution in [0.5, 0.6) is 0 Å². The predicted molar refractivity (Wildman–Crippen MR) is 60.8 cm³/mol. The van der Waals surface area contributed by atoms with Gasteiger partial charge in [-0.3, -0.25) is 0 Å². The Kier molecular flexibility index (Phi) is 16.6. The van der Waals surface area contributed by atoms with E-state index in [9.17, 15) is 0 Å².